The van der Waals surface area contributed by atoms with Crippen molar-refractivity contribution in [2.45, 2.75) is 6.92 Å². The lowest BCUT2D eigenvalue weighted by Gasteiger charge is -2.35. The summed E-state index contributed by atoms with van der Waals surface area (Å²) in [5, 5.41) is 0. The highest BCUT2D eigenvalue weighted by Gasteiger charge is 2.50. The highest BCUT2D eigenvalue weighted by Crippen LogP contribution is 2.36. The Morgan fingerprint density at radius 1 is 0.571 bits per heavy atom. The molecular formula is C26H22BN. The van der Waals surface area contributed by atoms with E-state index in [1.165, 1.54) is 33.2 Å². The molecule has 5 rings (SSSR count). The average Bonchev–Trinajstić information content (AvgIpc) is 3.05. The molecule has 0 radical (unpaired) electrons. The van der Waals surface area contributed by atoms with E-state index in [1.807, 2.05) is 0 Å². The van der Waals surface area contributed by atoms with Gasteiger partial charge in [-0.3, -0.25) is 0 Å². The second-order valence-corrected chi connectivity index (χ2v) is 7.54. The van der Waals surface area contributed by atoms with Crippen molar-refractivity contribution in [2.75, 3.05) is 0 Å². The van der Waals surface area contributed by atoms with Crippen molar-refractivity contribution in [1.82, 2.24) is 0 Å². The first-order chi connectivity index (χ1) is 13.8. The predicted molar refractivity (Wildman–Crippen MR) is 119 cm³/mol. The number of allylic oxidation sites excluding steroid dienone is 1. The Labute approximate surface area is 166 Å². The molecule has 1 aliphatic heterocycles. The molecule has 0 aliphatic carbocycles. The van der Waals surface area contributed by atoms with Gasteiger partial charge in [0.15, 0.2) is 5.69 Å². The van der Waals surface area contributed by atoms with Crippen LogP contribution in [0.3, 0.4) is 0 Å². The Hall–Kier alpha value is -3.39. The van der Waals surface area contributed by atoms with Crippen molar-refractivity contribution >= 4 is 28.3 Å². The van der Waals surface area contributed by atoms with Crippen LogP contribution in [-0.2, 0) is 0 Å². The number of benzene rings is 3. The summed E-state index contributed by atoms with van der Waals surface area (Å²) in [6, 6.07) is 39.3. The van der Waals surface area contributed by atoms with Gasteiger partial charge in [-0.15, -0.1) is 16.4 Å². The van der Waals surface area contributed by atoms with Gasteiger partial charge >= 0.3 is 6.28 Å². The monoisotopic (exact) mass is 359 g/mol. The number of rotatable bonds is 3. The highest BCUT2D eigenvalue weighted by molar-refractivity contribution is 7.10. The quantitative estimate of drug-likeness (QED) is 0.486. The number of hydrogen-bond acceptors (Lipinski definition) is 0. The van der Waals surface area contributed by atoms with Crippen molar-refractivity contribution < 1.29 is 4.48 Å². The molecule has 3 aromatic carbocycles. The summed E-state index contributed by atoms with van der Waals surface area (Å²) in [6.07, 6.45) is 0.927. The molecule has 2 heteroatoms. The maximum Gasteiger partial charge on any atom is 0.361 e. The normalized spacial score (nSPS) is 14.8. The summed E-state index contributed by atoms with van der Waals surface area (Å²) in [7, 11) is 0. The first-order valence-corrected chi connectivity index (χ1v) is 9.88. The van der Waals surface area contributed by atoms with Crippen LogP contribution in [0.25, 0.3) is 11.0 Å². The SMILES string of the molecule is CC1=C(c2ccccc2)[B-](c2ccccc2)(c2ccccc2)[n+]2ccccc21. The molecule has 134 valence electrons. The van der Waals surface area contributed by atoms with Crippen LogP contribution in [0.4, 0.5) is 0 Å². The fourth-order valence-electron chi connectivity index (χ4n) is 5.09. The smallest absolute Gasteiger partial charge is 0.361 e. The molecule has 0 saturated carbocycles. The Kier molecular flexibility index (Phi) is 3.98. The van der Waals surface area contributed by atoms with Gasteiger partial charge in [-0.05, 0) is 18.6 Å². The summed E-state index contributed by atoms with van der Waals surface area (Å²) in [4.78, 5) is 0. The Bertz CT molecular complexity index is 1110. The number of hydrogen-bond donors (Lipinski definition) is 0. The summed E-state index contributed by atoms with van der Waals surface area (Å²) in [5.74, 6) is 0. The largest absolute Gasteiger partial charge is 0.408 e. The van der Waals surface area contributed by atoms with Gasteiger partial charge in [-0.25, -0.2) is 0 Å². The third-order valence-corrected chi connectivity index (χ3v) is 6.16. The maximum absolute atomic E-state index is 2.50. The average molecular weight is 359 g/mol. The molecule has 1 aromatic heterocycles. The molecular weight excluding hydrogens is 337 g/mol. The standard InChI is InChI=1S/C26H22BN/c1-21-25-19-11-12-20-28(25)27(23-15-7-3-8-16-23,24-17-9-4-10-18-24)26(21)22-13-5-2-6-14-22/h2-20H,1H3. The van der Waals surface area contributed by atoms with E-state index in [0.717, 1.165) is 0 Å². The van der Waals surface area contributed by atoms with E-state index in [4.69, 9.17) is 0 Å². The molecule has 1 aliphatic rings. The first kappa shape index (κ1) is 16.8. The minimum Gasteiger partial charge on any atom is -0.408 e. The molecule has 0 fully saturated rings. The van der Waals surface area contributed by atoms with E-state index < -0.39 is 6.28 Å². The zero-order valence-electron chi connectivity index (χ0n) is 16.0. The van der Waals surface area contributed by atoms with E-state index in [2.05, 4.69) is 127 Å². The number of pyridine rings is 1. The fourth-order valence-corrected chi connectivity index (χ4v) is 5.09. The summed E-state index contributed by atoms with van der Waals surface area (Å²) >= 11 is 0. The van der Waals surface area contributed by atoms with E-state index in [-0.39, 0.29) is 0 Å². The lowest BCUT2D eigenvalue weighted by molar-refractivity contribution is -0.539. The molecule has 0 amide bonds. The van der Waals surface area contributed by atoms with Crippen molar-refractivity contribution in [3.8, 4) is 0 Å². The van der Waals surface area contributed by atoms with Gasteiger partial charge in [-0.1, -0.05) is 103 Å². The molecule has 0 saturated heterocycles. The van der Waals surface area contributed by atoms with E-state index >= 15 is 0 Å². The Morgan fingerprint density at radius 2 is 1.07 bits per heavy atom. The van der Waals surface area contributed by atoms with Crippen molar-refractivity contribution in [3.63, 3.8) is 0 Å². The zero-order valence-corrected chi connectivity index (χ0v) is 16.0. The lowest BCUT2D eigenvalue weighted by Crippen LogP contribution is -2.78. The molecule has 0 N–H and O–H groups in total. The minimum absolute atomic E-state index is 1.29. The zero-order chi connectivity index (χ0) is 19.0. The third-order valence-electron chi connectivity index (χ3n) is 6.16. The van der Waals surface area contributed by atoms with Crippen LogP contribution in [-0.4, -0.2) is 6.28 Å². The van der Waals surface area contributed by atoms with Gasteiger partial charge < -0.3 is 4.48 Å². The van der Waals surface area contributed by atoms with Crippen LogP contribution in [0.5, 0.6) is 0 Å². The summed E-state index contributed by atoms with van der Waals surface area (Å²) in [6.45, 7) is 2.27. The van der Waals surface area contributed by atoms with Crippen molar-refractivity contribution in [3.05, 3.63) is 127 Å². The van der Waals surface area contributed by atoms with E-state index in [9.17, 15) is 0 Å². The first-order valence-electron chi connectivity index (χ1n) is 9.88. The Balaban J connectivity index is 1.96. The molecule has 2 heterocycles. The van der Waals surface area contributed by atoms with Crippen molar-refractivity contribution in [2.24, 2.45) is 0 Å². The van der Waals surface area contributed by atoms with Gasteiger partial charge in [0.25, 0.3) is 0 Å². The molecule has 0 atom stereocenters. The summed E-state index contributed by atoms with van der Waals surface area (Å²) < 4.78 is 2.50. The van der Waals surface area contributed by atoms with Crippen LogP contribution in [0.15, 0.2) is 115 Å². The van der Waals surface area contributed by atoms with Crippen LogP contribution in [0, 0.1) is 0 Å². The second-order valence-electron chi connectivity index (χ2n) is 7.54. The van der Waals surface area contributed by atoms with Gasteiger partial charge in [0.05, 0.1) is 0 Å². The third kappa shape index (κ3) is 2.31. The molecule has 0 bridgehead atoms. The maximum atomic E-state index is 2.50. The van der Waals surface area contributed by atoms with Crippen LogP contribution < -0.4 is 15.4 Å². The predicted octanol–water partition coefficient (Wildman–Crippen LogP) is 4.07. The van der Waals surface area contributed by atoms with Crippen LogP contribution in [0.1, 0.15) is 18.2 Å². The highest BCUT2D eigenvalue weighted by atomic mass is 14.9. The van der Waals surface area contributed by atoms with E-state index in [1.54, 1.807) is 0 Å². The minimum atomic E-state index is -1.32. The van der Waals surface area contributed by atoms with Crippen LogP contribution in [0.2, 0.25) is 0 Å². The van der Waals surface area contributed by atoms with Gasteiger partial charge in [0.2, 0.25) is 0 Å². The molecule has 0 spiro atoms. The van der Waals surface area contributed by atoms with E-state index in [0.29, 0.717) is 0 Å². The number of aromatic nitrogens is 1. The van der Waals surface area contributed by atoms with Gasteiger partial charge in [0, 0.05) is 6.07 Å². The van der Waals surface area contributed by atoms with Crippen molar-refractivity contribution in [1.29, 1.82) is 0 Å². The van der Waals surface area contributed by atoms with Gasteiger partial charge in [0.1, 0.15) is 6.20 Å². The number of fused-ring (bicyclic) bond motifs is 1. The fraction of sp³-hybridized carbons (Fsp3) is 0.0385. The molecule has 1 nitrogen and oxygen atoms in total. The summed E-state index contributed by atoms with van der Waals surface area (Å²) in [5.41, 5.74) is 8.00. The number of nitrogens with zero attached hydrogens (tertiary/aromatic N) is 1. The molecule has 4 aromatic rings. The lowest BCUT2D eigenvalue weighted by atomic mass is 9.23. The Morgan fingerprint density at radius 3 is 1.64 bits per heavy atom. The second kappa shape index (κ2) is 6.65. The molecule has 0 unspecified atom stereocenters. The van der Waals surface area contributed by atoms with Crippen LogP contribution >= 0.6 is 0 Å². The van der Waals surface area contributed by atoms with Gasteiger partial charge in [-0.2, -0.15) is 0 Å². The topological polar surface area (TPSA) is 3.88 Å². The molecule has 28 heavy (non-hydrogen) atoms.